The lowest BCUT2D eigenvalue weighted by molar-refractivity contribution is 0.0402. The standard InChI is InChI=1S/C28H42FN5O3/c1-30(27(35)32-13-7-22(8-14-32)21-3-5-23(29)6-4-21)26-10-16-34(20-26)28(36)31(2)25-9-15-33(19-25)24-11-17-37-18-12-24/h3-6,22,24-26H,7-20H2,1-2H3/t25-,26+/m1/s1. The van der Waals surface area contributed by atoms with E-state index in [1.165, 1.54) is 12.1 Å². The monoisotopic (exact) mass is 515 g/mol. The van der Waals surface area contributed by atoms with Gasteiger partial charge in [0.1, 0.15) is 5.82 Å². The van der Waals surface area contributed by atoms with Gasteiger partial charge in [-0.3, -0.25) is 4.90 Å². The number of carbonyl (C=O) groups is 2. The fourth-order valence-electron chi connectivity index (χ4n) is 6.60. The number of carbonyl (C=O) groups excluding carboxylic acids is 2. The number of amides is 4. The molecule has 0 unspecified atom stereocenters. The van der Waals surface area contributed by atoms with Crippen molar-refractivity contribution in [1.29, 1.82) is 0 Å². The van der Waals surface area contributed by atoms with Gasteiger partial charge in [0.2, 0.25) is 0 Å². The first-order chi connectivity index (χ1) is 17.9. The maximum Gasteiger partial charge on any atom is 0.320 e. The van der Waals surface area contributed by atoms with E-state index in [4.69, 9.17) is 4.74 Å². The molecule has 0 radical (unpaired) electrons. The number of rotatable bonds is 4. The van der Waals surface area contributed by atoms with E-state index in [1.54, 1.807) is 0 Å². The van der Waals surface area contributed by atoms with Gasteiger partial charge in [0.15, 0.2) is 0 Å². The maximum absolute atomic E-state index is 13.3. The van der Waals surface area contributed by atoms with Crippen molar-refractivity contribution in [2.24, 2.45) is 0 Å². The molecule has 5 rings (SSSR count). The van der Waals surface area contributed by atoms with E-state index < -0.39 is 0 Å². The predicted octanol–water partition coefficient (Wildman–Crippen LogP) is 3.44. The molecule has 0 aromatic heterocycles. The lowest BCUT2D eigenvalue weighted by atomic mass is 9.89. The molecule has 0 saturated carbocycles. The number of likely N-dealkylation sites (tertiary alicyclic amines) is 3. The predicted molar refractivity (Wildman–Crippen MR) is 140 cm³/mol. The van der Waals surface area contributed by atoms with E-state index in [0.717, 1.165) is 70.4 Å². The summed E-state index contributed by atoms with van der Waals surface area (Å²) < 4.78 is 18.8. The van der Waals surface area contributed by atoms with Crippen LogP contribution in [0.2, 0.25) is 0 Å². The molecule has 8 nitrogen and oxygen atoms in total. The van der Waals surface area contributed by atoms with E-state index in [-0.39, 0.29) is 30.0 Å². The summed E-state index contributed by atoms with van der Waals surface area (Å²) in [4.78, 5) is 36.7. The summed E-state index contributed by atoms with van der Waals surface area (Å²) in [5.41, 5.74) is 1.15. The molecule has 4 aliphatic rings. The van der Waals surface area contributed by atoms with Gasteiger partial charge in [-0.25, -0.2) is 14.0 Å². The highest BCUT2D eigenvalue weighted by Gasteiger charge is 2.38. The third-order valence-electron chi connectivity index (χ3n) is 9.14. The second-order valence-electron chi connectivity index (χ2n) is 11.3. The van der Waals surface area contributed by atoms with Crippen molar-refractivity contribution < 1.29 is 18.7 Å². The van der Waals surface area contributed by atoms with Crippen LogP contribution in [0.25, 0.3) is 0 Å². The number of benzene rings is 1. The molecule has 204 valence electrons. The molecule has 1 aromatic rings. The number of halogens is 1. The lowest BCUT2D eigenvalue weighted by Crippen LogP contribution is -2.50. The lowest BCUT2D eigenvalue weighted by Gasteiger charge is -2.37. The number of likely N-dealkylation sites (N-methyl/N-ethyl adjacent to an activating group) is 2. The van der Waals surface area contributed by atoms with Crippen LogP contribution in [-0.4, -0.2) is 121 Å². The molecule has 4 aliphatic heterocycles. The Morgan fingerprint density at radius 1 is 0.784 bits per heavy atom. The van der Waals surface area contributed by atoms with Crippen LogP contribution in [0, 0.1) is 5.82 Å². The molecule has 4 amide bonds. The van der Waals surface area contributed by atoms with Crippen LogP contribution in [0.4, 0.5) is 14.0 Å². The Morgan fingerprint density at radius 2 is 1.35 bits per heavy atom. The fraction of sp³-hybridized carbons (Fsp3) is 0.714. The van der Waals surface area contributed by atoms with Crippen molar-refractivity contribution in [3.8, 4) is 0 Å². The fourth-order valence-corrected chi connectivity index (χ4v) is 6.60. The van der Waals surface area contributed by atoms with Crippen molar-refractivity contribution in [2.45, 2.75) is 62.6 Å². The zero-order chi connectivity index (χ0) is 25.9. The summed E-state index contributed by atoms with van der Waals surface area (Å²) in [6, 6.07) is 7.75. The average molecular weight is 516 g/mol. The third-order valence-corrected chi connectivity index (χ3v) is 9.14. The van der Waals surface area contributed by atoms with Gasteiger partial charge in [-0.05, 0) is 62.1 Å². The third kappa shape index (κ3) is 5.87. The molecule has 0 bridgehead atoms. The number of ether oxygens (including phenoxy) is 1. The minimum atomic E-state index is -0.214. The number of hydrogen-bond donors (Lipinski definition) is 0. The van der Waals surface area contributed by atoms with Crippen molar-refractivity contribution in [3.63, 3.8) is 0 Å². The van der Waals surface area contributed by atoms with Gasteiger partial charge in [-0.1, -0.05) is 12.1 Å². The molecule has 0 spiro atoms. The van der Waals surface area contributed by atoms with Crippen molar-refractivity contribution in [2.75, 3.05) is 66.6 Å². The SMILES string of the molecule is CN(C(=O)N1CCC(c2ccc(F)cc2)CC1)[C@H]1CCN(C(=O)N(C)[C@@H]2CCN(C3CCOCC3)C2)C1. The molecule has 0 aliphatic carbocycles. The Kier molecular flexibility index (Phi) is 8.19. The summed E-state index contributed by atoms with van der Waals surface area (Å²) in [7, 11) is 3.81. The summed E-state index contributed by atoms with van der Waals surface area (Å²) >= 11 is 0. The molecule has 4 fully saturated rings. The summed E-state index contributed by atoms with van der Waals surface area (Å²) in [5.74, 6) is 0.150. The van der Waals surface area contributed by atoms with Crippen molar-refractivity contribution in [3.05, 3.63) is 35.6 Å². The van der Waals surface area contributed by atoms with Crippen LogP contribution < -0.4 is 0 Å². The number of piperidine rings is 1. The molecule has 2 atom stereocenters. The number of urea groups is 2. The van der Waals surface area contributed by atoms with E-state index in [0.29, 0.717) is 38.1 Å². The molecule has 4 heterocycles. The molecular weight excluding hydrogens is 473 g/mol. The van der Waals surface area contributed by atoms with Gasteiger partial charge in [-0.2, -0.15) is 0 Å². The quantitative estimate of drug-likeness (QED) is 0.617. The van der Waals surface area contributed by atoms with Gasteiger partial charge in [0.25, 0.3) is 0 Å². The molecular formula is C28H42FN5O3. The Hall–Kier alpha value is -2.39. The highest BCUT2D eigenvalue weighted by molar-refractivity contribution is 5.76. The first kappa shape index (κ1) is 26.2. The van der Waals surface area contributed by atoms with E-state index in [1.807, 2.05) is 45.8 Å². The van der Waals surface area contributed by atoms with Gasteiger partial charge in [0.05, 0.1) is 6.04 Å². The first-order valence-electron chi connectivity index (χ1n) is 14.0. The Labute approximate surface area is 220 Å². The minimum Gasteiger partial charge on any atom is -0.381 e. The van der Waals surface area contributed by atoms with Crippen molar-refractivity contribution in [1.82, 2.24) is 24.5 Å². The van der Waals surface area contributed by atoms with Crippen LogP contribution >= 0.6 is 0 Å². The molecule has 1 aromatic carbocycles. The second-order valence-corrected chi connectivity index (χ2v) is 11.3. The van der Waals surface area contributed by atoms with Crippen LogP contribution in [0.1, 0.15) is 50.0 Å². The van der Waals surface area contributed by atoms with Crippen LogP contribution in [0.15, 0.2) is 24.3 Å². The van der Waals surface area contributed by atoms with Crippen LogP contribution in [0.5, 0.6) is 0 Å². The molecule has 4 saturated heterocycles. The average Bonchev–Trinajstić information content (AvgIpc) is 3.63. The van der Waals surface area contributed by atoms with Gasteiger partial charge < -0.3 is 24.3 Å². The highest BCUT2D eigenvalue weighted by atomic mass is 19.1. The summed E-state index contributed by atoms with van der Waals surface area (Å²) in [6.07, 6.45) is 5.77. The van der Waals surface area contributed by atoms with Gasteiger partial charge >= 0.3 is 12.1 Å². The number of hydrogen-bond acceptors (Lipinski definition) is 4. The highest BCUT2D eigenvalue weighted by Crippen LogP contribution is 2.29. The van der Waals surface area contributed by atoms with Crippen LogP contribution in [0.3, 0.4) is 0 Å². The largest absolute Gasteiger partial charge is 0.381 e. The smallest absolute Gasteiger partial charge is 0.320 e. The van der Waals surface area contributed by atoms with E-state index in [2.05, 4.69) is 4.90 Å². The maximum atomic E-state index is 13.3. The number of nitrogens with zero attached hydrogens (tertiary/aromatic N) is 5. The van der Waals surface area contributed by atoms with E-state index >= 15 is 0 Å². The normalized spacial score (nSPS) is 26.0. The van der Waals surface area contributed by atoms with Crippen LogP contribution in [-0.2, 0) is 4.74 Å². The molecule has 0 N–H and O–H groups in total. The zero-order valence-electron chi connectivity index (χ0n) is 22.4. The molecule has 37 heavy (non-hydrogen) atoms. The van der Waals surface area contributed by atoms with E-state index in [9.17, 15) is 14.0 Å². The zero-order valence-corrected chi connectivity index (χ0v) is 22.4. The van der Waals surface area contributed by atoms with Gasteiger partial charge in [0, 0.05) is 78.7 Å². The van der Waals surface area contributed by atoms with Gasteiger partial charge in [-0.15, -0.1) is 0 Å². The molecule has 9 heteroatoms. The minimum absolute atomic E-state index is 0.0435. The first-order valence-corrected chi connectivity index (χ1v) is 14.0. The Bertz CT molecular complexity index is 932. The second kappa shape index (κ2) is 11.6. The Morgan fingerprint density at radius 3 is 2.03 bits per heavy atom. The summed E-state index contributed by atoms with van der Waals surface area (Å²) in [5, 5.41) is 0. The topological polar surface area (TPSA) is 59.6 Å². The van der Waals surface area contributed by atoms with Crippen molar-refractivity contribution >= 4 is 12.1 Å². The Balaban J connectivity index is 1.08. The summed E-state index contributed by atoms with van der Waals surface area (Å²) in [6.45, 7) is 6.36.